The van der Waals surface area contributed by atoms with Crippen molar-refractivity contribution in [2.45, 2.75) is 45.6 Å². The third kappa shape index (κ3) is 6.28. The van der Waals surface area contributed by atoms with Crippen molar-refractivity contribution in [3.8, 4) is 11.9 Å². The van der Waals surface area contributed by atoms with E-state index in [1.165, 1.54) is 25.7 Å². The van der Waals surface area contributed by atoms with E-state index in [4.69, 9.17) is 16.5 Å². The van der Waals surface area contributed by atoms with Gasteiger partial charge in [-0.05, 0) is 63.1 Å². The van der Waals surface area contributed by atoms with E-state index in [1.54, 1.807) is 29.8 Å². The van der Waals surface area contributed by atoms with E-state index in [1.807, 2.05) is 60.0 Å². The van der Waals surface area contributed by atoms with Crippen molar-refractivity contribution in [2.75, 3.05) is 22.1 Å². The van der Waals surface area contributed by atoms with Crippen LogP contribution in [-0.4, -0.2) is 65.2 Å². The van der Waals surface area contributed by atoms with Crippen molar-refractivity contribution in [3.05, 3.63) is 78.5 Å². The maximum Gasteiger partial charge on any atom is 0.242 e. The van der Waals surface area contributed by atoms with Crippen LogP contribution >= 0.6 is 0 Å². The molecular formula is C31H32N16. The zero-order valence-corrected chi connectivity index (χ0v) is 25.8. The Balaban J connectivity index is 0.000000150. The zero-order chi connectivity index (χ0) is 32.3. The van der Waals surface area contributed by atoms with Gasteiger partial charge in [0.05, 0.1) is 22.1 Å². The Morgan fingerprint density at radius 1 is 0.638 bits per heavy atom. The number of nitrogens with two attached hydrogens (primary N) is 2. The number of benzene rings is 2. The lowest BCUT2D eigenvalue weighted by Gasteiger charge is -2.14. The molecule has 1 aliphatic rings. The number of nitrogens with one attached hydrogen (secondary N) is 2. The first-order valence-corrected chi connectivity index (χ1v) is 15.1. The predicted molar refractivity (Wildman–Crippen MR) is 178 cm³/mol. The van der Waals surface area contributed by atoms with E-state index in [0.717, 1.165) is 28.0 Å². The molecular weight excluding hydrogens is 596 g/mol. The number of hydrogen-bond acceptors (Lipinski definition) is 14. The van der Waals surface area contributed by atoms with Gasteiger partial charge in [-0.2, -0.15) is 35.0 Å². The summed E-state index contributed by atoms with van der Waals surface area (Å²) in [7, 11) is 0. The molecule has 16 nitrogen and oxygen atoms in total. The Labute approximate surface area is 268 Å². The number of rotatable bonds is 6. The van der Waals surface area contributed by atoms with Gasteiger partial charge in [-0.1, -0.05) is 37.1 Å². The molecule has 6 N–H and O–H groups in total. The molecule has 0 radical (unpaired) electrons. The predicted octanol–water partition coefficient (Wildman–Crippen LogP) is 4.09. The first kappa shape index (κ1) is 29.4. The fraction of sp³-hybridized carbons (Fsp3) is 0.226. The number of hydrogen-bond donors (Lipinski definition) is 4. The number of imidazole rings is 2. The molecule has 0 aliphatic heterocycles. The average Bonchev–Trinajstić information content (AvgIpc) is 3.78. The van der Waals surface area contributed by atoms with Gasteiger partial charge in [0, 0.05) is 12.2 Å². The van der Waals surface area contributed by atoms with Gasteiger partial charge in [0.2, 0.25) is 35.7 Å². The van der Waals surface area contributed by atoms with E-state index in [0.29, 0.717) is 41.4 Å². The van der Waals surface area contributed by atoms with Crippen LogP contribution in [0.1, 0.15) is 37.3 Å². The summed E-state index contributed by atoms with van der Waals surface area (Å²) in [4.78, 5) is 34.7. The fourth-order valence-corrected chi connectivity index (χ4v) is 5.55. The van der Waals surface area contributed by atoms with E-state index in [9.17, 15) is 0 Å². The van der Waals surface area contributed by atoms with Crippen LogP contribution in [0.2, 0.25) is 0 Å². The molecule has 5 heterocycles. The second-order valence-corrected chi connectivity index (χ2v) is 11.0. The number of aryl methyl sites for hydroxylation is 2. The fourth-order valence-electron chi connectivity index (χ4n) is 5.55. The van der Waals surface area contributed by atoms with Crippen molar-refractivity contribution in [3.63, 3.8) is 0 Å². The molecule has 0 saturated heterocycles. The first-order valence-electron chi connectivity index (χ1n) is 15.1. The summed E-state index contributed by atoms with van der Waals surface area (Å²) in [5.41, 5.74) is 15.1. The summed E-state index contributed by atoms with van der Waals surface area (Å²) in [5.74, 6) is 4.23. The zero-order valence-electron chi connectivity index (χ0n) is 25.8. The Morgan fingerprint density at radius 3 is 1.74 bits per heavy atom. The summed E-state index contributed by atoms with van der Waals surface area (Å²) in [6.07, 6.45) is 6.46. The van der Waals surface area contributed by atoms with Crippen LogP contribution in [0.15, 0.2) is 66.9 Å². The van der Waals surface area contributed by atoms with Crippen LogP contribution in [0.3, 0.4) is 0 Å². The maximum absolute atomic E-state index is 5.81. The van der Waals surface area contributed by atoms with Crippen LogP contribution in [0.25, 0.3) is 34.0 Å². The minimum absolute atomic E-state index is 0.153. The number of nitrogen functional groups attached to an aromatic ring is 2. The molecule has 1 fully saturated rings. The van der Waals surface area contributed by atoms with Crippen LogP contribution in [0.5, 0.6) is 0 Å². The molecule has 2 aromatic carbocycles. The van der Waals surface area contributed by atoms with Gasteiger partial charge in [-0.15, -0.1) is 5.10 Å². The molecule has 8 rings (SSSR count). The van der Waals surface area contributed by atoms with E-state index in [-0.39, 0.29) is 11.9 Å². The van der Waals surface area contributed by atoms with Gasteiger partial charge in [-0.25, -0.2) is 19.1 Å². The molecule has 1 saturated carbocycles. The van der Waals surface area contributed by atoms with Gasteiger partial charge in [-0.3, -0.25) is 0 Å². The van der Waals surface area contributed by atoms with Crippen LogP contribution in [-0.2, 0) is 0 Å². The molecule has 0 unspecified atom stereocenters. The summed E-state index contributed by atoms with van der Waals surface area (Å²) < 4.78 is 3.70. The average molecular weight is 629 g/mol. The molecule has 0 atom stereocenters. The van der Waals surface area contributed by atoms with Gasteiger partial charge in [0.1, 0.15) is 11.6 Å². The maximum atomic E-state index is 5.81. The topological polar surface area (TPSA) is 215 Å². The Bertz CT molecular complexity index is 2130. The van der Waals surface area contributed by atoms with Crippen LogP contribution in [0.4, 0.5) is 29.6 Å². The Kier molecular flexibility index (Phi) is 7.87. The molecule has 47 heavy (non-hydrogen) atoms. The van der Waals surface area contributed by atoms with Gasteiger partial charge in [0.25, 0.3) is 0 Å². The normalized spacial score (nSPS) is 13.1. The van der Waals surface area contributed by atoms with E-state index in [2.05, 4.69) is 55.7 Å². The third-order valence-corrected chi connectivity index (χ3v) is 7.53. The minimum atomic E-state index is 0.153. The highest BCUT2D eigenvalue weighted by Crippen LogP contribution is 2.28. The standard InChI is InChI=1S/C16H19N7.C15H13N9/c1-10-18-14(17)22-15(19-10)23-13-9-5-4-8-12(13)21-16(23)20-11-6-2-3-7-11;1-9-18-13(16)22-14(19-9)24-11-6-3-2-5-10(11)20-15(24)21-12-7-4-8-17-23-12/h4-5,8-9,11H,2-3,6-7H2,1H3,(H,20,21)(H2,17,18,19,22);2-8H,1H3,(H,20,21,23)(H2,16,18,19,22). The van der Waals surface area contributed by atoms with E-state index < -0.39 is 0 Å². The summed E-state index contributed by atoms with van der Waals surface area (Å²) in [6.45, 7) is 3.57. The van der Waals surface area contributed by atoms with E-state index >= 15 is 0 Å². The number of nitrogens with zero attached hydrogens (tertiary/aromatic N) is 12. The van der Waals surface area contributed by atoms with Crippen molar-refractivity contribution in [1.82, 2.24) is 59.2 Å². The lowest BCUT2D eigenvalue weighted by Crippen LogP contribution is -2.19. The smallest absolute Gasteiger partial charge is 0.242 e. The van der Waals surface area contributed by atoms with Crippen molar-refractivity contribution >= 4 is 51.7 Å². The second kappa shape index (κ2) is 12.6. The molecule has 7 aromatic rings. The SMILES string of the molecule is Cc1nc(N)nc(-n2c(NC3CCCC3)nc3ccccc32)n1.Cc1nc(N)nc(-n2c(Nc3cccnn3)nc3ccccc32)n1. The summed E-state index contributed by atoms with van der Waals surface area (Å²) in [6, 6.07) is 19.7. The molecule has 0 bridgehead atoms. The summed E-state index contributed by atoms with van der Waals surface area (Å²) in [5, 5.41) is 14.6. The number of para-hydroxylation sites is 4. The first-order chi connectivity index (χ1) is 22.9. The third-order valence-electron chi connectivity index (χ3n) is 7.53. The van der Waals surface area contributed by atoms with Crippen LogP contribution in [0, 0.1) is 13.8 Å². The Hall–Kier alpha value is -6.32. The lowest BCUT2D eigenvalue weighted by atomic mass is 10.2. The minimum Gasteiger partial charge on any atom is -0.368 e. The highest BCUT2D eigenvalue weighted by atomic mass is 15.3. The highest BCUT2D eigenvalue weighted by molar-refractivity contribution is 5.82. The van der Waals surface area contributed by atoms with Crippen molar-refractivity contribution in [2.24, 2.45) is 0 Å². The highest BCUT2D eigenvalue weighted by Gasteiger charge is 2.21. The largest absolute Gasteiger partial charge is 0.368 e. The lowest BCUT2D eigenvalue weighted by molar-refractivity contribution is 0.738. The second-order valence-electron chi connectivity index (χ2n) is 11.0. The van der Waals surface area contributed by atoms with Crippen LogP contribution < -0.4 is 22.1 Å². The van der Waals surface area contributed by atoms with Gasteiger partial charge in [0.15, 0.2) is 5.82 Å². The molecule has 1 aliphatic carbocycles. The van der Waals surface area contributed by atoms with Gasteiger partial charge < -0.3 is 22.1 Å². The molecule has 236 valence electrons. The monoisotopic (exact) mass is 628 g/mol. The number of fused-ring (bicyclic) bond motifs is 2. The summed E-state index contributed by atoms with van der Waals surface area (Å²) >= 11 is 0. The molecule has 0 spiro atoms. The quantitative estimate of drug-likeness (QED) is 0.204. The van der Waals surface area contributed by atoms with Crippen molar-refractivity contribution in [1.29, 1.82) is 0 Å². The van der Waals surface area contributed by atoms with Gasteiger partial charge >= 0.3 is 0 Å². The Morgan fingerprint density at radius 2 is 1.19 bits per heavy atom. The molecule has 16 heteroatoms. The van der Waals surface area contributed by atoms with Crippen molar-refractivity contribution < 1.29 is 0 Å². The molecule has 5 aromatic heterocycles. The molecule has 0 amide bonds. The number of anilines is 5. The number of aromatic nitrogens is 12.